The Morgan fingerprint density at radius 1 is 1.38 bits per heavy atom. The maximum Gasteiger partial charge on any atom is 0.227 e. The van der Waals surface area contributed by atoms with Crippen molar-refractivity contribution in [2.45, 2.75) is 36.1 Å². The first-order chi connectivity index (χ1) is 10.0. The molecule has 0 aromatic heterocycles. The van der Waals surface area contributed by atoms with Gasteiger partial charge < -0.3 is 10.6 Å². The number of hydrogen-bond acceptors (Lipinski definition) is 3. The molecule has 1 aromatic rings. The van der Waals surface area contributed by atoms with Crippen molar-refractivity contribution >= 4 is 23.6 Å². The van der Waals surface area contributed by atoms with Crippen LogP contribution in [0.2, 0.25) is 0 Å². The van der Waals surface area contributed by atoms with Crippen molar-refractivity contribution in [2.75, 3.05) is 12.8 Å². The molecule has 2 aliphatic heterocycles. The van der Waals surface area contributed by atoms with Crippen molar-refractivity contribution < 1.29 is 9.59 Å². The maximum absolute atomic E-state index is 12.7. The van der Waals surface area contributed by atoms with Crippen LogP contribution in [0.5, 0.6) is 0 Å². The van der Waals surface area contributed by atoms with Crippen LogP contribution in [0.3, 0.4) is 0 Å². The fourth-order valence-corrected chi connectivity index (χ4v) is 4.47. The molecule has 3 aliphatic rings. The van der Waals surface area contributed by atoms with E-state index < -0.39 is 0 Å². The van der Waals surface area contributed by atoms with Crippen LogP contribution in [0.4, 0.5) is 0 Å². The van der Waals surface area contributed by atoms with Crippen LogP contribution in [0, 0.1) is 5.92 Å². The summed E-state index contributed by atoms with van der Waals surface area (Å²) in [6.45, 7) is 0.785. The minimum atomic E-state index is -0.308. The lowest BCUT2D eigenvalue weighted by atomic mass is 9.71. The predicted octanol–water partition coefficient (Wildman–Crippen LogP) is 1.82. The van der Waals surface area contributed by atoms with Crippen LogP contribution in [-0.2, 0) is 16.0 Å². The van der Waals surface area contributed by atoms with Gasteiger partial charge in [0.25, 0.3) is 0 Å². The Morgan fingerprint density at radius 2 is 2.10 bits per heavy atom. The third kappa shape index (κ3) is 2.55. The highest BCUT2D eigenvalue weighted by Gasteiger charge is 2.57. The second-order valence-corrected chi connectivity index (χ2v) is 6.98. The number of nitrogens with zero attached hydrogens (tertiary/aromatic N) is 1. The number of fused-ring (bicyclic) bond motifs is 1. The number of nitrogens with two attached hydrogens (primary N) is 1. The molecular formula is C16H20N2O2S. The van der Waals surface area contributed by atoms with Gasteiger partial charge in [-0.1, -0.05) is 18.2 Å². The van der Waals surface area contributed by atoms with Gasteiger partial charge in [-0.05, 0) is 36.6 Å². The summed E-state index contributed by atoms with van der Waals surface area (Å²) in [7, 11) is 0. The number of hydrogen-bond donors (Lipinski definition) is 1. The Labute approximate surface area is 129 Å². The number of primary amides is 1. The van der Waals surface area contributed by atoms with E-state index in [2.05, 4.69) is 0 Å². The summed E-state index contributed by atoms with van der Waals surface area (Å²) in [6.07, 6.45) is 4.60. The quantitative estimate of drug-likeness (QED) is 0.844. The van der Waals surface area contributed by atoms with E-state index >= 15 is 0 Å². The number of rotatable bonds is 5. The molecule has 2 N–H and O–H groups in total. The molecule has 2 saturated heterocycles. The van der Waals surface area contributed by atoms with Crippen molar-refractivity contribution in [3.63, 3.8) is 0 Å². The molecule has 2 bridgehead atoms. The molecule has 2 heterocycles. The van der Waals surface area contributed by atoms with Gasteiger partial charge in [-0.3, -0.25) is 9.59 Å². The van der Waals surface area contributed by atoms with Gasteiger partial charge in [0.15, 0.2) is 0 Å². The molecule has 3 fully saturated rings. The molecule has 0 radical (unpaired) electrons. The van der Waals surface area contributed by atoms with E-state index in [0.29, 0.717) is 18.8 Å². The molecule has 1 aromatic carbocycles. The van der Waals surface area contributed by atoms with Crippen LogP contribution >= 0.6 is 11.8 Å². The lowest BCUT2D eigenvalue weighted by Gasteiger charge is -2.41. The summed E-state index contributed by atoms with van der Waals surface area (Å²) in [5, 5.41) is 0. The fourth-order valence-electron chi connectivity index (χ4n) is 3.85. The fraction of sp³-hybridized carbons (Fsp3) is 0.500. The van der Waals surface area contributed by atoms with E-state index in [9.17, 15) is 9.59 Å². The molecule has 1 aliphatic carbocycles. The molecule has 4 rings (SSSR count). The van der Waals surface area contributed by atoms with Crippen LogP contribution in [-0.4, -0.2) is 35.1 Å². The largest absolute Gasteiger partial charge is 0.370 e. The molecule has 21 heavy (non-hydrogen) atoms. The average molecular weight is 304 g/mol. The molecule has 0 atom stereocenters. The van der Waals surface area contributed by atoms with Crippen molar-refractivity contribution in [1.82, 2.24) is 4.90 Å². The third-order valence-electron chi connectivity index (χ3n) is 4.69. The van der Waals surface area contributed by atoms with Crippen LogP contribution in [0.1, 0.15) is 24.8 Å². The van der Waals surface area contributed by atoms with Gasteiger partial charge in [0.2, 0.25) is 11.8 Å². The zero-order valence-corrected chi connectivity index (χ0v) is 13.0. The Balaban J connectivity index is 1.75. The lowest BCUT2D eigenvalue weighted by Crippen LogP contribution is -2.51. The number of carbonyl (C=O) groups is 2. The summed E-state index contributed by atoms with van der Waals surface area (Å²) in [4.78, 5) is 27.0. The molecular weight excluding hydrogens is 284 g/mol. The Morgan fingerprint density at radius 3 is 2.76 bits per heavy atom. The molecule has 112 valence electrons. The van der Waals surface area contributed by atoms with Crippen LogP contribution < -0.4 is 5.73 Å². The Hall–Kier alpha value is -1.49. The first-order valence-electron chi connectivity index (χ1n) is 7.25. The highest BCUT2D eigenvalue weighted by Crippen LogP contribution is 2.52. The van der Waals surface area contributed by atoms with Gasteiger partial charge >= 0.3 is 0 Å². The second-order valence-electron chi connectivity index (χ2n) is 6.13. The first kappa shape index (κ1) is 14.4. The first-order valence-corrected chi connectivity index (χ1v) is 8.47. The second kappa shape index (κ2) is 5.37. The summed E-state index contributed by atoms with van der Waals surface area (Å²) in [6, 6.07) is 7.99. The van der Waals surface area contributed by atoms with Gasteiger partial charge in [0.05, 0.1) is 12.0 Å². The molecule has 5 heteroatoms. The topological polar surface area (TPSA) is 63.4 Å². The van der Waals surface area contributed by atoms with Crippen LogP contribution in [0.15, 0.2) is 29.2 Å². The van der Waals surface area contributed by atoms with Gasteiger partial charge in [-0.25, -0.2) is 0 Å². The number of thioether (sulfide) groups is 1. The standard InChI is InChI=1S/C16H20N2O2S/c1-21-13-5-3-2-4-12(13)6-15(20)18-10-11-7-16(18,8-11)9-14(17)19/h2-5,11H,6-10H2,1H3,(H2,17,19). The van der Waals surface area contributed by atoms with Gasteiger partial charge in [0.1, 0.15) is 0 Å². The molecule has 4 nitrogen and oxygen atoms in total. The number of benzene rings is 1. The van der Waals surface area contributed by atoms with Crippen LogP contribution in [0.25, 0.3) is 0 Å². The molecule has 1 saturated carbocycles. The number of carbonyl (C=O) groups excluding carboxylic acids is 2. The zero-order valence-electron chi connectivity index (χ0n) is 12.2. The minimum absolute atomic E-state index is 0.123. The summed E-state index contributed by atoms with van der Waals surface area (Å²) in [5.74, 6) is 0.375. The van der Waals surface area contributed by atoms with E-state index in [1.54, 1.807) is 11.8 Å². The van der Waals surface area contributed by atoms with E-state index in [0.717, 1.165) is 29.8 Å². The molecule has 2 amide bonds. The van der Waals surface area contributed by atoms with Gasteiger partial charge in [0, 0.05) is 17.9 Å². The SMILES string of the molecule is CSc1ccccc1CC(=O)N1CC2CC1(CC(N)=O)C2. The monoisotopic (exact) mass is 304 g/mol. The summed E-state index contributed by atoms with van der Waals surface area (Å²) < 4.78 is 0. The van der Waals surface area contributed by atoms with Gasteiger partial charge in [-0.2, -0.15) is 0 Å². The normalized spacial score (nSPS) is 26.5. The minimum Gasteiger partial charge on any atom is -0.370 e. The van der Waals surface area contributed by atoms with Gasteiger partial charge in [-0.15, -0.1) is 11.8 Å². The Bertz CT molecular complexity index is 581. The van der Waals surface area contributed by atoms with Crippen molar-refractivity contribution in [3.05, 3.63) is 29.8 Å². The summed E-state index contributed by atoms with van der Waals surface area (Å²) >= 11 is 1.66. The predicted molar refractivity (Wildman–Crippen MR) is 82.9 cm³/mol. The third-order valence-corrected chi connectivity index (χ3v) is 5.53. The smallest absolute Gasteiger partial charge is 0.227 e. The van der Waals surface area contributed by atoms with E-state index in [1.165, 1.54) is 0 Å². The number of amides is 2. The van der Waals surface area contributed by atoms with E-state index in [1.807, 2.05) is 35.4 Å². The molecule has 0 unspecified atom stereocenters. The highest BCUT2D eigenvalue weighted by molar-refractivity contribution is 7.98. The van der Waals surface area contributed by atoms with E-state index in [4.69, 9.17) is 5.73 Å². The Kier molecular flexibility index (Phi) is 3.69. The maximum atomic E-state index is 12.7. The van der Waals surface area contributed by atoms with Crippen molar-refractivity contribution in [2.24, 2.45) is 11.7 Å². The van der Waals surface area contributed by atoms with E-state index in [-0.39, 0.29) is 17.4 Å². The highest BCUT2D eigenvalue weighted by atomic mass is 32.2. The zero-order chi connectivity index (χ0) is 15.0. The van der Waals surface area contributed by atoms with Crippen molar-refractivity contribution in [1.29, 1.82) is 0 Å². The average Bonchev–Trinajstić information content (AvgIpc) is 2.93. The lowest BCUT2D eigenvalue weighted by molar-refractivity contribution is -0.136. The molecule has 0 spiro atoms. The van der Waals surface area contributed by atoms with Crippen molar-refractivity contribution in [3.8, 4) is 0 Å². The summed E-state index contributed by atoms with van der Waals surface area (Å²) in [5.41, 5.74) is 6.15.